The van der Waals surface area contributed by atoms with Gasteiger partial charge in [-0.3, -0.25) is 9.69 Å². The Labute approximate surface area is 227 Å². The van der Waals surface area contributed by atoms with Crippen LogP contribution in [0.2, 0.25) is 5.02 Å². The zero-order valence-corrected chi connectivity index (χ0v) is 22.7. The Balaban J connectivity index is 1.63. The lowest BCUT2D eigenvalue weighted by Gasteiger charge is -2.12. The standard InChI is InChI=1S/C27H22BrClN2O4S/c1-3-31-25(32)24(36-27(31)30-21-9-6-8-17(14-21)26(33)34-2)15-19-13-20(28)11-12-23(19)35-16-18-7-4-5-10-22(18)29/h4-15H,3,16H2,1-2H3. The van der Waals surface area contributed by atoms with Gasteiger partial charge in [-0.15, -0.1) is 0 Å². The van der Waals surface area contributed by atoms with Crippen molar-refractivity contribution in [1.29, 1.82) is 0 Å². The second-order valence-electron chi connectivity index (χ2n) is 7.66. The summed E-state index contributed by atoms with van der Waals surface area (Å²) in [7, 11) is 1.33. The summed E-state index contributed by atoms with van der Waals surface area (Å²) in [5.41, 5.74) is 2.56. The van der Waals surface area contributed by atoms with Gasteiger partial charge in [-0.2, -0.15) is 0 Å². The molecule has 0 radical (unpaired) electrons. The molecule has 0 unspecified atom stereocenters. The van der Waals surface area contributed by atoms with Crippen molar-refractivity contribution in [3.63, 3.8) is 0 Å². The van der Waals surface area contributed by atoms with E-state index in [1.54, 1.807) is 35.2 Å². The number of carbonyl (C=O) groups excluding carboxylic acids is 2. The van der Waals surface area contributed by atoms with Crippen LogP contribution in [0.1, 0.15) is 28.4 Å². The number of methoxy groups -OCH3 is 1. The highest BCUT2D eigenvalue weighted by Crippen LogP contribution is 2.36. The highest BCUT2D eigenvalue weighted by atomic mass is 79.9. The first-order valence-electron chi connectivity index (χ1n) is 11.0. The summed E-state index contributed by atoms with van der Waals surface area (Å²) in [5, 5.41) is 1.16. The quantitative estimate of drug-likeness (QED) is 0.219. The van der Waals surface area contributed by atoms with Gasteiger partial charge in [-0.25, -0.2) is 9.79 Å². The Morgan fingerprint density at radius 1 is 1.14 bits per heavy atom. The van der Waals surface area contributed by atoms with Gasteiger partial charge in [0, 0.05) is 27.2 Å². The van der Waals surface area contributed by atoms with E-state index in [0.29, 0.717) is 45.2 Å². The molecule has 0 spiro atoms. The Bertz CT molecular complexity index is 1380. The monoisotopic (exact) mass is 584 g/mol. The fourth-order valence-corrected chi connectivity index (χ4v) is 5.10. The molecule has 1 aliphatic rings. The minimum atomic E-state index is -0.445. The predicted octanol–water partition coefficient (Wildman–Crippen LogP) is 7.09. The van der Waals surface area contributed by atoms with Gasteiger partial charge < -0.3 is 9.47 Å². The van der Waals surface area contributed by atoms with Crippen LogP contribution >= 0.6 is 39.3 Å². The summed E-state index contributed by atoms with van der Waals surface area (Å²) in [6, 6.07) is 19.9. The van der Waals surface area contributed by atoms with Gasteiger partial charge in [0.2, 0.25) is 0 Å². The highest BCUT2D eigenvalue weighted by molar-refractivity contribution is 9.10. The van der Waals surface area contributed by atoms with Crippen molar-refractivity contribution in [2.45, 2.75) is 13.5 Å². The molecule has 0 atom stereocenters. The number of benzene rings is 3. The number of aliphatic imine (C=N–C) groups is 1. The molecule has 0 aromatic heterocycles. The third-order valence-electron chi connectivity index (χ3n) is 5.30. The van der Waals surface area contributed by atoms with E-state index in [1.807, 2.05) is 49.4 Å². The molecule has 9 heteroatoms. The van der Waals surface area contributed by atoms with Crippen LogP contribution in [0.4, 0.5) is 5.69 Å². The Morgan fingerprint density at radius 3 is 2.69 bits per heavy atom. The van der Waals surface area contributed by atoms with E-state index in [4.69, 9.17) is 21.1 Å². The van der Waals surface area contributed by atoms with Crippen LogP contribution < -0.4 is 4.74 Å². The highest BCUT2D eigenvalue weighted by Gasteiger charge is 2.32. The summed E-state index contributed by atoms with van der Waals surface area (Å²) in [6.07, 6.45) is 1.80. The number of ether oxygens (including phenoxy) is 2. The molecule has 36 heavy (non-hydrogen) atoms. The van der Waals surface area contributed by atoms with Crippen LogP contribution in [0.15, 0.2) is 81.1 Å². The first kappa shape index (κ1) is 26.0. The molecule has 184 valence electrons. The average molecular weight is 586 g/mol. The minimum Gasteiger partial charge on any atom is -0.488 e. The summed E-state index contributed by atoms with van der Waals surface area (Å²) in [6.45, 7) is 2.63. The van der Waals surface area contributed by atoms with Crippen molar-refractivity contribution >= 4 is 68.1 Å². The molecular formula is C27H22BrClN2O4S. The number of halogens is 2. The minimum absolute atomic E-state index is 0.151. The molecule has 3 aromatic rings. The van der Waals surface area contributed by atoms with E-state index in [0.717, 1.165) is 15.6 Å². The number of hydrogen-bond acceptors (Lipinski definition) is 6. The predicted molar refractivity (Wildman–Crippen MR) is 148 cm³/mol. The van der Waals surface area contributed by atoms with E-state index < -0.39 is 5.97 Å². The third kappa shape index (κ3) is 6.00. The Hall–Kier alpha value is -3.07. The molecule has 4 rings (SSSR count). The van der Waals surface area contributed by atoms with Crippen LogP contribution in [0.3, 0.4) is 0 Å². The van der Waals surface area contributed by atoms with Crippen LogP contribution in [0.25, 0.3) is 6.08 Å². The number of esters is 1. The molecule has 1 amide bonds. The maximum absolute atomic E-state index is 13.2. The van der Waals surface area contributed by atoms with Crippen LogP contribution in [-0.2, 0) is 16.1 Å². The first-order valence-corrected chi connectivity index (χ1v) is 13.0. The molecule has 0 N–H and O–H groups in total. The van der Waals surface area contributed by atoms with Crippen LogP contribution in [0, 0.1) is 0 Å². The molecule has 0 bridgehead atoms. The number of nitrogens with zero attached hydrogens (tertiary/aromatic N) is 2. The van der Waals surface area contributed by atoms with Crippen molar-refractivity contribution < 1.29 is 19.1 Å². The Morgan fingerprint density at radius 2 is 1.94 bits per heavy atom. The summed E-state index contributed by atoms with van der Waals surface area (Å²) < 4.78 is 11.7. The van der Waals surface area contributed by atoms with Crippen molar-refractivity contribution in [3.05, 3.63) is 97.8 Å². The maximum Gasteiger partial charge on any atom is 0.337 e. The smallest absolute Gasteiger partial charge is 0.337 e. The lowest BCUT2D eigenvalue weighted by atomic mass is 10.1. The molecule has 6 nitrogen and oxygen atoms in total. The largest absolute Gasteiger partial charge is 0.488 e. The fourth-order valence-electron chi connectivity index (χ4n) is 3.48. The second-order valence-corrected chi connectivity index (χ2v) is 9.99. The zero-order valence-electron chi connectivity index (χ0n) is 19.5. The number of amides is 1. The third-order valence-corrected chi connectivity index (χ3v) is 7.16. The van der Waals surface area contributed by atoms with Crippen molar-refractivity contribution in [1.82, 2.24) is 4.90 Å². The molecule has 1 aliphatic heterocycles. The van der Waals surface area contributed by atoms with Gasteiger partial charge in [0.25, 0.3) is 5.91 Å². The summed E-state index contributed by atoms with van der Waals surface area (Å²) in [5.74, 6) is 0.0275. The number of thioether (sulfide) groups is 1. The molecule has 3 aromatic carbocycles. The van der Waals surface area contributed by atoms with Gasteiger partial charge >= 0.3 is 5.97 Å². The number of rotatable bonds is 7. The number of amidine groups is 1. The molecule has 1 fully saturated rings. The van der Waals surface area contributed by atoms with Gasteiger partial charge in [-0.05, 0) is 67.2 Å². The van der Waals surface area contributed by atoms with E-state index in [9.17, 15) is 9.59 Å². The molecule has 0 aliphatic carbocycles. The molecule has 0 saturated carbocycles. The SMILES string of the molecule is CCN1C(=O)C(=Cc2cc(Br)ccc2OCc2ccccc2Cl)SC1=Nc1cccc(C(=O)OC)c1. The average Bonchev–Trinajstić information content (AvgIpc) is 3.17. The van der Waals surface area contributed by atoms with Gasteiger partial charge in [0.1, 0.15) is 12.4 Å². The normalized spacial score (nSPS) is 15.6. The van der Waals surface area contributed by atoms with E-state index in [2.05, 4.69) is 20.9 Å². The Kier molecular flexibility index (Phi) is 8.51. The van der Waals surface area contributed by atoms with Gasteiger partial charge in [0.15, 0.2) is 5.17 Å². The van der Waals surface area contributed by atoms with E-state index in [1.165, 1.54) is 18.9 Å². The number of carbonyl (C=O) groups is 2. The molecular weight excluding hydrogens is 564 g/mol. The lowest BCUT2D eigenvalue weighted by molar-refractivity contribution is -0.122. The van der Waals surface area contributed by atoms with Crippen LogP contribution in [-0.4, -0.2) is 35.6 Å². The van der Waals surface area contributed by atoms with Gasteiger partial charge in [-0.1, -0.05) is 51.8 Å². The van der Waals surface area contributed by atoms with Crippen molar-refractivity contribution in [3.8, 4) is 5.75 Å². The maximum atomic E-state index is 13.2. The molecule has 1 saturated heterocycles. The van der Waals surface area contributed by atoms with E-state index >= 15 is 0 Å². The topological polar surface area (TPSA) is 68.2 Å². The molecule has 1 heterocycles. The van der Waals surface area contributed by atoms with Gasteiger partial charge in [0.05, 0.1) is 23.3 Å². The van der Waals surface area contributed by atoms with Crippen molar-refractivity contribution in [2.24, 2.45) is 4.99 Å². The zero-order chi connectivity index (χ0) is 25.7. The first-order chi connectivity index (χ1) is 17.4. The fraction of sp³-hybridized carbons (Fsp3) is 0.148. The van der Waals surface area contributed by atoms with E-state index in [-0.39, 0.29) is 5.91 Å². The second kappa shape index (κ2) is 11.8. The summed E-state index contributed by atoms with van der Waals surface area (Å²) >= 11 is 11.0. The van der Waals surface area contributed by atoms with Crippen LogP contribution in [0.5, 0.6) is 5.75 Å². The number of likely N-dealkylation sites (N-methyl/N-ethyl adjacent to an activating group) is 1. The van der Waals surface area contributed by atoms with Crippen molar-refractivity contribution in [2.75, 3.05) is 13.7 Å². The lowest BCUT2D eigenvalue weighted by Crippen LogP contribution is -2.28. The summed E-state index contributed by atoms with van der Waals surface area (Å²) in [4.78, 5) is 31.8. The number of hydrogen-bond donors (Lipinski definition) is 0.